The molecular formula is C25H36O5. The number of hydrogen-bond acceptors (Lipinski definition) is 5. The van der Waals surface area contributed by atoms with Crippen molar-refractivity contribution in [1.29, 1.82) is 0 Å². The molecular weight excluding hydrogens is 380 g/mol. The van der Waals surface area contributed by atoms with Gasteiger partial charge in [-0.3, -0.25) is 4.79 Å². The molecule has 0 N–H and O–H groups in total. The molecule has 6 atom stereocenters. The molecule has 2 spiro atoms. The van der Waals surface area contributed by atoms with Crippen LogP contribution in [-0.2, 0) is 23.7 Å². The molecule has 2 saturated heterocycles. The van der Waals surface area contributed by atoms with Gasteiger partial charge in [0, 0.05) is 24.7 Å². The van der Waals surface area contributed by atoms with E-state index in [-0.39, 0.29) is 16.6 Å². The highest BCUT2D eigenvalue weighted by atomic mass is 16.7. The fourth-order valence-corrected chi connectivity index (χ4v) is 9.00. The summed E-state index contributed by atoms with van der Waals surface area (Å²) in [6.07, 6.45) is 11.6. The number of hydrogen-bond donors (Lipinski definition) is 0. The second-order valence-electron chi connectivity index (χ2n) is 11.3. The second kappa shape index (κ2) is 6.63. The number of fused-ring (bicyclic) bond motifs is 6. The minimum Gasteiger partial charge on any atom is -0.348 e. The van der Waals surface area contributed by atoms with Crippen LogP contribution in [0.4, 0.5) is 0 Å². The number of aldehydes is 1. The molecule has 6 fully saturated rings. The van der Waals surface area contributed by atoms with Crippen LogP contribution in [0.3, 0.4) is 0 Å². The summed E-state index contributed by atoms with van der Waals surface area (Å²) in [5.41, 5.74) is 1.64. The van der Waals surface area contributed by atoms with Gasteiger partial charge < -0.3 is 18.9 Å². The summed E-state index contributed by atoms with van der Waals surface area (Å²) in [6, 6.07) is 0. The topological polar surface area (TPSA) is 54.0 Å². The Balaban J connectivity index is 1.36. The van der Waals surface area contributed by atoms with Crippen LogP contribution in [0.2, 0.25) is 0 Å². The highest BCUT2D eigenvalue weighted by Gasteiger charge is 2.68. The first-order chi connectivity index (χ1) is 14.5. The molecule has 6 rings (SSSR count). The molecule has 4 aliphatic carbocycles. The van der Waals surface area contributed by atoms with Gasteiger partial charge in [-0.25, -0.2) is 0 Å². The van der Waals surface area contributed by atoms with E-state index in [1.54, 1.807) is 0 Å². The Bertz CT molecular complexity index is 749. The van der Waals surface area contributed by atoms with Crippen molar-refractivity contribution in [3.8, 4) is 0 Å². The molecule has 2 aliphatic heterocycles. The molecule has 0 amide bonds. The first-order valence-electron chi connectivity index (χ1n) is 12.2. The molecule has 5 heteroatoms. The standard InChI is InChI=1S/C25H36O5/c1-22-8-9-24(27-11-12-28-24)16-21(22)17(5-10-26)15-18-19(22)3-6-23(2)20(18)4-7-25(23)29-13-14-30-25/h5,10,18-21H,3-4,6-9,11-16H2,1-2H3/b17-5+/t18?,19?,20?,21?,22-,23+/m1/s1. The minimum atomic E-state index is -0.412. The Morgan fingerprint density at radius 2 is 1.57 bits per heavy atom. The smallest absolute Gasteiger partial charge is 0.174 e. The van der Waals surface area contributed by atoms with Gasteiger partial charge in [0.05, 0.1) is 26.4 Å². The largest absolute Gasteiger partial charge is 0.348 e. The van der Waals surface area contributed by atoms with Crippen molar-refractivity contribution in [3.05, 3.63) is 11.6 Å². The highest BCUT2D eigenvalue weighted by Crippen LogP contribution is 2.71. The predicted molar refractivity (Wildman–Crippen MR) is 111 cm³/mol. The molecule has 5 nitrogen and oxygen atoms in total. The Morgan fingerprint density at radius 1 is 0.867 bits per heavy atom. The van der Waals surface area contributed by atoms with Crippen LogP contribution in [0.15, 0.2) is 11.6 Å². The minimum absolute atomic E-state index is 0.0910. The van der Waals surface area contributed by atoms with Crippen LogP contribution in [-0.4, -0.2) is 44.3 Å². The van der Waals surface area contributed by atoms with Crippen molar-refractivity contribution in [3.63, 3.8) is 0 Å². The van der Waals surface area contributed by atoms with E-state index in [9.17, 15) is 4.79 Å². The van der Waals surface area contributed by atoms with Gasteiger partial charge in [0.25, 0.3) is 0 Å². The molecule has 166 valence electrons. The number of ether oxygens (including phenoxy) is 4. The van der Waals surface area contributed by atoms with Crippen LogP contribution >= 0.6 is 0 Å². The van der Waals surface area contributed by atoms with Gasteiger partial charge in [-0.2, -0.15) is 0 Å². The van der Waals surface area contributed by atoms with Crippen molar-refractivity contribution >= 4 is 6.29 Å². The Kier molecular flexibility index (Phi) is 4.40. The lowest BCUT2D eigenvalue weighted by Crippen LogP contribution is -2.59. The molecule has 4 saturated carbocycles. The number of carbonyl (C=O) groups is 1. The van der Waals surface area contributed by atoms with Gasteiger partial charge in [0.15, 0.2) is 11.6 Å². The average Bonchev–Trinajstić information content (AvgIpc) is 3.45. The fraction of sp³-hybridized carbons (Fsp3) is 0.880. The molecule has 6 aliphatic rings. The molecule has 2 heterocycles. The lowest BCUT2D eigenvalue weighted by Gasteiger charge is -2.62. The van der Waals surface area contributed by atoms with E-state index in [1.807, 2.05) is 6.08 Å². The van der Waals surface area contributed by atoms with Crippen molar-refractivity contribution in [1.82, 2.24) is 0 Å². The molecule has 0 radical (unpaired) electrons. The molecule has 0 aromatic rings. The van der Waals surface area contributed by atoms with E-state index in [4.69, 9.17) is 18.9 Å². The first kappa shape index (κ1) is 19.9. The lowest BCUT2D eigenvalue weighted by molar-refractivity contribution is -0.252. The van der Waals surface area contributed by atoms with E-state index in [1.165, 1.54) is 24.8 Å². The van der Waals surface area contributed by atoms with Crippen LogP contribution in [0.1, 0.15) is 65.2 Å². The number of carbonyl (C=O) groups excluding carboxylic acids is 1. The van der Waals surface area contributed by atoms with Crippen LogP contribution in [0, 0.1) is 34.5 Å². The van der Waals surface area contributed by atoms with Crippen molar-refractivity contribution < 1.29 is 23.7 Å². The fourth-order valence-electron chi connectivity index (χ4n) is 9.00. The summed E-state index contributed by atoms with van der Waals surface area (Å²) in [4.78, 5) is 11.6. The first-order valence-corrected chi connectivity index (χ1v) is 12.2. The quantitative estimate of drug-likeness (QED) is 0.472. The SMILES string of the molecule is C[C@]12CCC3(CC1/C(=C/C=O)CC1C2CC[C@@]2(C)C1CCC21OCCO1)OCCO3. The van der Waals surface area contributed by atoms with Gasteiger partial charge >= 0.3 is 0 Å². The van der Waals surface area contributed by atoms with Gasteiger partial charge in [0.2, 0.25) is 0 Å². The second-order valence-corrected chi connectivity index (χ2v) is 11.3. The van der Waals surface area contributed by atoms with E-state index < -0.39 is 5.79 Å². The van der Waals surface area contributed by atoms with E-state index in [2.05, 4.69) is 13.8 Å². The molecule has 4 unspecified atom stereocenters. The Hall–Kier alpha value is -0.750. The maximum Gasteiger partial charge on any atom is 0.174 e. The number of allylic oxidation sites excluding steroid dienone is 2. The van der Waals surface area contributed by atoms with E-state index in [0.717, 1.165) is 51.6 Å². The third kappa shape index (κ3) is 2.47. The van der Waals surface area contributed by atoms with Crippen molar-refractivity contribution in [2.75, 3.05) is 26.4 Å². The summed E-state index contributed by atoms with van der Waals surface area (Å²) in [6.45, 7) is 7.79. The van der Waals surface area contributed by atoms with E-state index in [0.29, 0.717) is 36.9 Å². The molecule has 30 heavy (non-hydrogen) atoms. The molecule has 0 aromatic carbocycles. The summed E-state index contributed by atoms with van der Waals surface area (Å²) in [5.74, 6) is 1.52. The zero-order valence-electron chi connectivity index (χ0n) is 18.5. The Labute approximate surface area is 179 Å². The van der Waals surface area contributed by atoms with Crippen molar-refractivity contribution in [2.24, 2.45) is 34.5 Å². The van der Waals surface area contributed by atoms with Gasteiger partial charge in [-0.1, -0.05) is 19.4 Å². The van der Waals surface area contributed by atoms with Gasteiger partial charge in [0.1, 0.15) is 6.29 Å². The summed E-state index contributed by atoms with van der Waals surface area (Å²) >= 11 is 0. The third-order valence-corrected chi connectivity index (χ3v) is 10.5. The Morgan fingerprint density at radius 3 is 2.30 bits per heavy atom. The van der Waals surface area contributed by atoms with Crippen LogP contribution < -0.4 is 0 Å². The van der Waals surface area contributed by atoms with Crippen LogP contribution in [0.25, 0.3) is 0 Å². The van der Waals surface area contributed by atoms with Gasteiger partial charge in [-0.05, 0) is 67.3 Å². The van der Waals surface area contributed by atoms with E-state index >= 15 is 0 Å². The maximum absolute atomic E-state index is 11.6. The predicted octanol–water partition coefficient (Wildman–Crippen LogP) is 4.25. The number of rotatable bonds is 1. The zero-order chi connectivity index (χ0) is 20.6. The summed E-state index contributed by atoms with van der Waals surface area (Å²) in [5, 5.41) is 0. The van der Waals surface area contributed by atoms with Gasteiger partial charge in [-0.15, -0.1) is 0 Å². The third-order valence-electron chi connectivity index (χ3n) is 10.5. The summed E-state index contributed by atoms with van der Waals surface area (Å²) < 4.78 is 24.8. The molecule has 0 aromatic heterocycles. The average molecular weight is 417 g/mol. The lowest BCUT2D eigenvalue weighted by atomic mass is 9.43. The summed E-state index contributed by atoms with van der Waals surface area (Å²) in [7, 11) is 0. The molecule has 0 bridgehead atoms. The van der Waals surface area contributed by atoms with Crippen LogP contribution in [0.5, 0.6) is 0 Å². The maximum atomic E-state index is 11.6. The van der Waals surface area contributed by atoms with Crippen molar-refractivity contribution in [2.45, 2.75) is 76.8 Å². The normalized spacial score (nSPS) is 49.9. The highest BCUT2D eigenvalue weighted by molar-refractivity contribution is 5.66. The zero-order valence-corrected chi connectivity index (χ0v) is 18.5. The monoisotopic (exact) mass is 416 g/mol.